The van der Waals surface area contributed by atoms with Gasteiger partial charge < -0.3 is 5.32 Å². The lowest BCUT2D eigenvalue weighted by atomic mass is 9.75. The molecule has 0 amide bonds. The van der Waals surface area contributed by atoms with Crippen molar-refractivity contribution in [2.75, 3.05) is 13.1 Å². The first-order valence-electron chi connectivity index (χ1n) is 13.7. The van der Waals surface area contributed by atoms with E-state index < -0.39 is 15.8 Å². The molecule has 38 heavy (non-hydrogen) atoms. The monoisotopic (exact) mass is 538 g/mol. The molecular formula is C31H36F2N2O2S. The molecule has 0 aliphatic heterocycles. The molecule has 2 atom stereocenters. The number of sulfonamides is 1. The molecule has 3 aromatic rings. The zero-order valence-electron chi connectivity index (χ0n) is 21.6. The van der Waals surface area contributed by atoms with Crippen molar-refractivity contribution >= 4 is 10.0 Å². The molecule has 2 aliphatic rings. The van der Waals surface area contributed by atoms with E-state index in [9.17, 15) is 17.2 Å². The van der Waals surface area contributed by atoms with Gasteiger partial charge in [-0.15, -0.1) is 0 Å². The van der Waals surface area contributed by atoms with E-state index in [-0.39, 0.29) is 16.6 Å². The van der Waals surface area contributed by atoms with Gasteiger partial charge in [-0.3, -0.25) is 0 Å². The van der Waals surface area contributed by atoms with E-state index in [0.29, 0.717) is 24.4 Å². The molecular weight excluding hydrogens is 502 g/mol. The Bertz CT molecular complexity index is 1320. The summed E-state index contributed by atoms with van der Waals surface area (Å²) < 4.78 is 55.1. The van der Waals surface area contributed by atoms with Crippen LogP contribution >= 0.6 is 0 Å². The minimum absolute atomic E-state index is 0.0303. The van der Waals surface area contributed by atoms with Gasteiger partial charge in [-0.05, 0) is 110 Å². The van der Waals surface area contributed by atoms with Crippen molar-refractivity contribution in [3.8, 4) is 0 Å². The maximum Gasteiger partial charge on any atom is 0.240 e. The van der Waals surface area contributed by atoms with Gasteiger partial charge in [0, 0.05) is 18.5 Å². The van der Waals surface area contributed by atoms with Crippen LogP contribution < -0.4 is 10.0 Å². The van der Waals surface area contributed by atoms with Crippen molar-refractivity contribution < 1.29 is 17.2 Å². The molecule has 2 N–H and O–H groups in total. The van der Waals surface area contributed by atoms with Gasteiger partial charge in [-0.25, -0.2) is 21.9 Å². The van der Waals surface area contributed by atoms with Gasteiger partial charge in [0.15, 0.2) is 0 Å². The molecule has 7 heteroatoms. The fourth-order valence-corrected chi connectivity index (χ4v) is 7.30. The average Bonchev–Trinajstić information content (AvgIpc) is 2.92. The quantitative estimate of drug-likeness (QED) is 0.352. The molecule has 1 saturated carbocycles. The first kappa shape index (κ1) is 27.0. The van der Waals surface area contributed by atoms with E-state index in [2.05, 4.69) is 34.3 Å². The summed E-state index contributed by atoms with van der Waals surface area (Å²) in [5, 5.41) is 3.87. The number of benzene rings is 3. The first-order valence-corrected chi connectivity index (χ1v) is 15.2. The molecule has 5 rings (SSSR count). The first-order chi connectivity index (χ1) is 18.4. The van der Waals surface area contributed by atoms with E-state index in [1.54, 1.807) is 12.1 Å². The summed E-state index contributed by atoms with van der Waals surface area (Å²) in [5.74, 6) is 0.425. The van der Waals surface area contributed by atoms with Crippen LogP contribution in [-0.4, -0.2) is 27.5 Å². The molecule has 0 heterocycles. The molecule has 2 unspecified atom stereocenters. The van der Waals surface area contributed by atoms with Crippen molar-refractivity contribution in [2.45, 2.75) is 61.8 Å². The fourth-order valence-electron chi connectivity index (χ4n) is 6.15. The number of rotatable bonds is 9. The Balaban J connectivity index is 1.14. The summed E-state index contributed by atoms with van der Waals surface area (Å²) in [6.07, 6.45) is 6.85. The Morgan fingerprint density at radius 1 is 0.763 bits per heavy atom. The summed E-state index contributed by atoms with van der Waals surface area (Å²) >= 11 is 0. The van der Waals surface area contributed by atoms with Gasteiger partial charge in [0.1, 0.15) is 11.6 Å². The molecule has 1 fully saturated rings. The predicted octanol–water partition coefficient (Wildman–Crippen LogP) is 5.98. The van der Waals surface area contributed by atoms with Gasteiger partial charge in [0.25, 0.3) is 0 Å². The van der Waals surface area contributed by atoms with Crippen molar-refractivity contribution in [3.05, 3.63) is 101 Å². The molecule has 0 aromatic heterocycles. The second-order valence-corrected chi connectivity index (χ2v) is 12.7. The van der Waals surface area contributed by atoms with Crippen LogP contribution in [0, 0.1) is 23.5 Å². The van der Waals surface area contributed by atoms with Crippen LogP contribution in [0.3, 0.4) is 0 Å². The topological polar surface area (TPSA) is 58.2 Å². The van der Waals surface area contributed by atoms with E-state index in [4.69, 9.17) is 0 Å². The largest absolute Gasteiger partial charge is 0.313 e. The Kier molecular flexibility index (Phi) is 8.56. The van der Waals surface area contributed by atoms with E-state index in [1.807, 2.05) is 12.1 Å². The second kappa shape index (κ2) is 12.1. The van der Waals surface area contributed by atoms with E-state index in [0.717, 1.165) is 63.1 Å². The van der Waals surface area contributed by atoms with E-state index in [1.165, 1.54) is 29.3 Å². The number of nitrogens with one attached hydrogen (secondary N) is 2. The molecule has 0 bridgehead atoms. The minimum Gasteiger partial charge on any atom is -0.313 e. The second-order valence-electron chi connectivity index (χ2n) is 10.9. The Hall–Kier alpha value is -2.61. The lowest BCUT2D eigenvalue weighted by Gasteiger charge is -2.36. The highest BCUT2D eigenvalue weighted by atomic mass is 32.2. The van der Waals surface area contributed by atoms with Gasteiger partial charge in [0.2, 0.25) is 10.0 Å². The van der Waals surface area contributed by atoms with Gasteiger partial charge in [-0.1, -0.05) is 42.5 Å². The molecule has 0 radical (unpaired) electrons. The third-order valence-corrected chi connectivity index (χ3v) is 9.74. The smallest absolute Gasteiger partial charge is 0.240 e. The van der Waals surface area contributed by atoms with Gasteiger partial charge >= 0.3 is 0 Å². The standard InChI is InChI=1S/C31H36F2N2O2S/c32-26-7-4-8-28(19-26)38(36,37)35-21-24-11-9-23(10-12-24)20-34-31-16-13-25-18-27(33)14-15-29(25)30(31)17-22-5-2-1-3-6-22/h1-8,14-15,18-19,23-24,30-31,34-35H,9-13,16-17,20-21H2. The SMILES string of the molecule is O=S(=O)(NCC1CCC(CNC2CCc3cc(F)ccc3C2Cc2ccccc2)CC1)c1cccc(F)c1. The molecule has 0 spiro atoms. The van der Waals surface area contributed by atoms with Crippen LogP contribution in [0.4, 0.5) is 8.78 Å². The summed E-state index contributed by atoms with van der Waals surface area (Å²) in [7, 11) is -3.71. The third-order valence-electron chi connectivity index (χ3n) is 8.32. The van der Waals surface area contributed by atoms with E-state index >= 15 is 0 Å². The van der Waals surface area contributed by atoms with Crippen LogP contribution in [-0.2, 0) is 22.9 Å². The Morgan fingerprint density at radius 3 is 2.21 bits per heavy atom. The fraction of sp³-hybridized carbons (Fsp3) is 0.419. The molecule has 3 aromatic carbocycles. The predicted molar refractivity (Wildman–Crippen MR) is 146 cm³/mol. The number of hydrogen-bond acceptors (Lipinski definition) is 3. The molecule has 202 valence electrons. The van der Waals surface area contributed by atoms with Crippen LogP contribution in [0.25, 0.3) is 0 Å². The zero-order chi connectivity index (χ0) is 26.5. The molecule has 0 saturated heterocycles. The van der Waals surface area contributed by atoms with Crippen LogP contribution in [0.1, 0.15) is 54.7 Å². The third kappa shape index (κ3) is 6.68. The van der Waals surface area contributed by atoms with Crippen molar-refractivity contribution in [3.63, 3.8) is 0 Å². The van der Waals surface area contributed by atoms with Crippen molar-refractivity contribution in [1.29, 1.82) is 0 Å². The summed E-state index contributed by atoms with van der Waals surface area (Å²) in [5.41, 5.74) is 3.68. The van der Waals surface area contributed by atoms with Crippen molar-refractivity contribution in [2.24, 2.45) is 11.8 Å². The Labute approximate surface area is 224 Å². The average molecular weight is 539 g/mol. The normalized spacial score (nSPS) is 23.6. The number of aryl methyl sites for hydroxylation is 1. The maximum atomic E-state index is 13.9. The maximum absolute atomic E-state index is 13.9. The molecule has 2 aliphatic carbocycles. The number of fused-ring (bicyclic) bond motifs is 1. The van der Waals surface area contributed by atoms with Crippen molar-refractivity contribution in [1.82, 2.24) is 10.0 Å². The highest BCUT2D eigenvalue weighted by Gasteiger charge is 2.31. The number of halogens is 2. The number of hydrogen-bond donors (Lipinski definition) is 2. The lowest BCUT2D eigenvalue weighted by Crippen LogP contribution is -2.42. The lowest BCUT2D eigenvalue weighted by molar-refractivity contribution is 0.252. The highest BCUT2D eigenvalue weighted by molar-refractivity contribution is 7.89. The summed E-state index contributed by atoms with van der Waals surface area (Å²) in [4.78, 5) is -0.0303. The Morgan fingerprint density at radius 2 is 1.47 bits per heavy atom. The minimum atomic E-state index is -3.71. The van der Waals surface area contributed by atoms with Gasteiger partial charge in [-0.2, -0.15) is 0 Å². The highest BCUT2D eigenvalue weighted by Crippen LogP contribution is 2.36. The van der Waals surface area contributed by atoms with Crippen LogP contribution in [0.2, 0.25) is 0 Å². The zero-order valence-corrected chi connectivity index (χ0v) is 22.4. The van der Waals surface area contributed by atoms with Gasteiger partial charge in [0.05, 0.1) is 4.90 Å². The van der Waals surface area contributed by atoms with Crippen LogP contribution in [0.5, 0.6) is 0 Å². The van der Waals surface area contributed by atoms with Crippen LogP contribution in [0.15, 0.2) is 77.7 Å². The summed E-state index contributed by atoms with van der Waals surface area (Å²) in [6, 6.07) is 21.2. The molecule has 4 nitrogen and oxygen atoms in total. The summed E-state index contributed by atoms with van der Waals surface area (Å²) in [6.45, 7) is 1.32.